The molecule has 0 amide bonds. The van der Waals surface area contributed by atoms with Crippen molar-refractivity contribution in [3.05, 3.63) is 47.5 Å². The van der Waals surface area contributed by atoms with Crippen molar-refractivity contribution in [2.24, 2.45) is 5.92 Å². The maximum atomic E-state index is 8.60. The smallest absolute Gasteiger partial charge is 0.0612 e. The molecule has 0 atom stereocenters. The number of aliphatic hydroxyl groups excluding tert-OH is 1. The van der Waals surface area contributed by atoms with E-state index in [4.69, 9.17) is 5.11 Å². The number of hydrogen-bond acceptors (Lipinski definition) is 1. The molecule has 1 aromatic rings. The molecule has 0 radical (unpaired) electrons. The van der Waals surface area contributed by atoms with Gasteiger partial charge < -0.3 is 5.11 Å². The summed E-state index contributed by atoms with van der Waals surface area (Å²) in [4.78, 5) is 0. The molecule has 0 bridgehead atoms. The van der Waals surface area contributed by atoms with E-state index >= 15 is 0 Å². The minimum Gasteiger partial charge on any atom is -0.392 e. The zero-order valence-corrected chi connectivity index (χ0v) is 10.3. The highest BCUT2D eigenvalue weighted by atomic mass is 16.2. The van der Waals surface area contributed by atoms with E-state index in [0.29, 0.717) is 0 Å². The fourth-order valence-corrected chi connectivity index (χ4v) is 1.76. The molecular weight excluding hydrogens is 196 g/mol. The molecular formula is C15H22O. The topological polar surface area (TPSA) is 20.2 Å². The third-order valence-corrected chi connectivity index (χ3v) is 2.54. The first-order chi connectivity index (χ1) is 7.72. The molecule has 1 rings (SSSR count). The molecule has 16 heavy (non-hydrogen) atoms. The molecule has 0 unspecified atom stereocenters. The Morgan fingerprint density at radius 2 is 1.69 bits per heavy atom. The lowest BCUT2D eigenvalue weighted by Crippen LogP contribution is -1.94. The fraction of sp³-hybridized carbons (Fsp3) is 0.467. The lowest BCUT2D eigenvalue weighted by molar-refractivity contribution is 0.342. The van der Waals surface area contributed by atoms with Crippen LogP contribution in [-0.4, -0.2) is 11.7 Å². The first-order valence-electron chi connectivity index (χ1n) is 6.06. The maximum absolute atomic E-state index is 8.60. The highest BCUT2D eigenvalue weighted by molar-refractivity contribution is 5.23. The van der Waals surface area contributed by atoms with Gasteiger partial charge in [0.2, 0.25) is 0 Å². The number of aryl methyl sites for hydroxylation is 1. The van der Waals surface area contributed by atoms with Gasteiger partial charge in [-0.25, -0.2) is 0 Å². The predicted molar refractivity (Wildman–Crippen MR) is 69.5 cm³/mol. The average Bonchev–Trinajstić information content (AvgIpc) is 2.26. The van der Waals surface area contributed by atoms with E-state index in [2.05, 4.69) is 38.1 Å². The van der Waals surface area contributed by atoms with Crippen LogP contribution >= 0.6 is 0 Å². The van der Waals surface area contributed by atoms with Crippen molar-refractivity contribution in [3.63, 3.8) is 0 Å². The standard InChI is InChI=1S/C15H22O/c1-13(2)12-15-9-7-14(8-10-15)6-4-3-5-11-16/h3,5,7-10,13,16H,4,6,11-12H2,1-2H3. The summed E-state index contributed by atoms with van der Waals surface area (Å²) >= 11 is 0. The molecule has 0 aliphatic carbocycles. The SMILES string of the molecule is CC(C)Cc1ccc(CCC=CCO)cc1. The number of aliphatic hydroxyl groups is 1. The number of allylic oxidation sites excluding steroid dienone is 1. The van der Waals surface area contributed by atoms with Crippen molar-refractivity contribution >= 4 is 0 Å². The Bertz CT molecular complexity index is 309. The lowest BCUT2D eigenvalue weighted by atomic mass is 10.0. The van der Waals surface area contributed by atoms with Gasteiger partial charge in [0.25, 0.3) is 0 Å². The molecule has 1 heteroatoms. The van der Waals surface area contributed by atoms with Gasteiger partial charge in [0.05, 0.1) is 6.61 Å². The van der Waals surface area contributed by atoms with Crippen LogP contribution in [0.15, 0.2) is 36.4 Å². The van der Waals surface area contributed by atoms with Gasteiger partial charge in [0.1, 0.15) is 0 Å². The second kappa shape index (κ2) is 7.24. The van der Waals surface area contributed by atoms with E-state index in [-0.39, 0.29) is 6.61 Å². The van der Waals surface area contributed by atoms with Gasteiger partial charge in [-0.05, 0) is 36.3 Å². The van der Waals surface area contributed by atoms with Crippen molar-refractivity contribution in [1.82, 2.24) is 0 Å². The zero-order valence-electron chi connectivity index (χ0n) is 10.3. The summed E-state index contributed by atoms with van der Waals surface area (Å²) in [5.74, 6) is 0.721. The highest BCUT2D eigenvalue weighted by Gasteiger charge is 1.97. The Hall–Kier alpha value is -1.08. The van der Waals surface area contributed by atoms with Crippen LogP contribution in [0.3, 0.4) is 0 Å². The van der Waals surface area contributed by atoms with E-state index in [9.17, 15) is 0 Å². The molecule has 0 heterocycles. The molecule has 0 saturated heterocycles. The summed E-state index contributed by atoms with van der Waals surface area (Å²) in [7, 11) is 0. The Labute approximate surface area is 98.8 Å². The van der Waals surface area contributed by atoms with E-state index < -0.39 is 0 Å². The van der Waals surface area contributed by atoms with Gasteiger partial charge in [0.15, 0.2) is 0 Å². The Kier molecular flexibility index (Phi) is 5.87. The fourth-order valence-electron chi connectivity index (χ4n) is 1.76. The molecule has 0 saturated carbocycles. The predicted octanol–water partition coefficient (Wildman–Crippen LogP) is 3.37. The number of benzene rings is 1. The third kappa shape index (κ3) is 5.13. The summed E-state index contributed by atoms with van der Waals surface area (Å²) in [5.41, 5.74) is 2.79. The van der Waals surface area contributed by atoms with E-state index in [1.165, 1.54) is 11.1 Å². The monoisotopic (exact) mass is 218 g/mol. The largest absolute Gasteiger partial charge is 0.392 e. The van der Waals surface area contributed by atoms with Gasteiger partial charge >= 0.3 is 0 Å². The Morgan fingerprint density at radius 3 is 2.25 bits per heavy atom. The summed E-state index contributed by atoms with van der Waals surface area (Å²) in [6, 6.07) is 8.88. The minimum absolute atomic E-state index is 0.146. The van der Waals surface area contributed by atoms with Crippen molar-refractivity contribution in [1.29, 1.82) is 0 Å². The number of hydrogen-bond donors (Lipinski definition) is 1. The van der Waals surface area contributed by atoms with Crippen LogP contribution in [-0.2, 0) is 12.8 Å². The van der Waals surface area contributed by atoms with Crippen LogP contribution in [0, 0.1) is 5.92 Å². The van der Waals surface area contributed by atoms with Crippen LogP contribution in [0.4, 0.5) is 0 Å². The quantitative estimate of drug-likeness (QED) is 0.726. The minimum atomic E-state index is 0.146. The van der Waals surface area contributed by atoms with Crippen molar-refractivity contribution in [3.8, 4) is 0 Å². The van der Waals surface area contributed by atoms with Crippen molar-refractivity contribution in [2.45, 2.75) is 33.1 Å². The van der Waals surface area contributed by atoms with Crippen LogP contribution < -0.4 is 0 Å². The average molecular weight is 218 g/mol. The van der Waals surface area contributed by atoms with E-state index in [0.717, 1.165) is 25.2 Å². The molecule has 0 aliphatic rings. The van der Waals surface area contributed by atoms with Gasteiger partial charge in [-0.1, -0.05) is 50.3 Å². The molecule has 1 nitrogen and oxygen atoms in total. The third-order valence-electron chi connectivity index (χ3n) is 2.54. The van der Waals surface area contributed by atoms with Crippen LogP contribution in [0.25, 0.3) is 0 Å². The van der Waals surface area contributed by atoms with Crippen LogP contribution in [0.1, 0.15) is 31.4 Å². The Morgan fingerprint density at radius 1 is 1.06 bits per heavy atom. The van der Waals surface area contributed by atoms with Gasteiger partial charge in [-0.2, -0.15) is 0 Å². The van der Waals surface area contributed by atoms with Crippen LogP contribution in [0.5, 0.6) is 0 Å². The summed E-state index contributed by atoms with van der Waals surface area (Å²) < 4.78 is 0. The van der Waals surface area contributed by atoms with Crippen molar-refractivity contribution < 1.29 is 5.11 Å². The molecule has 1 N–H and O–H groups in total. The molecule has 88 valence electrons. The van der Waals surface area contributed by atoms with Crippen LogP contribution in [0.2, 0.25) is 0 Å². The zero-order chi connectivity index (χ0) is 11.8. The first kappa shape index (κ1) is 13.0. The Balaban J connectivity index is 2.42. The van der Waals surface area contributed by atoms with Crippen molar-refractivity contribution in [2.75, 3.05) is 6.61 Å². The first-order valence-corrected chi connectivity index (χ1v) is 6.06. The second-order valence-corrected chi connectivity index (χ2v) is 4.61. The van der Waals surface area contributed by atoms with E-state index in [1.807, 2.05) is 6.08 Å². The number of rotatable bonds is 6. The molecule has 0 aliphatic heterocycles. The van der Waals surface area contributed by atoms with E-state index in [1.54, 1.807) is 6.08 Å². The molecule has 0 fully saturated rings. The summed E-state index contributed by atoms with van der Waals surface area (Å²) in [6.07, 6.45) is 7.04. The van der Waals surface area contributed by atoms with Gasteiger partial charge in [0, 0.05) is 0 Å². The maximum Gasteiger partial charge on any atom is 0.0612 e. The lowest BCUT2D eigenvalue weighted by Gasteiger charge is -2.05. The molecule has 1 aromatic carbocycles. The summed E-state index contributed by atoms with van der Waals surface area (Å²) in [5, 5.41) is 8.60. The molecule has 0 spiro atoms. The highest BCUT2D eigenvalue weighted by Crippen LogP contribution is 2.11. The van der Waals surface area contributed by atoms with Gasteiger partial charge in [-0.15, -0.1) is 0 Å². The second-order valence-electron chi connectivity index (χ2n) is 4.61. The summed E-state index contributed by atoms with van der Waals surface area (Å²) in [6.45, 7) is 4.63. The molecule has 0 aromatic heterocycles. The van der Waals surface area contributed by atoms with Gasteiger partial charge in [-0.3, -0.25) is 0 Å². The normalized spacial score (nSPS) is 11.5.